The summed E-state index contributed by atoms with van der Waals surface area (Å²) in [6.07, 6.45) is -9.93. The van der Waals surface area contributed by atoms with Crippen molar-refractivity contribution >= 4 is 11.8 Å². The molecule has 1 N–H and O–H groups in total. The molecule has 0 aromatic carbocycles. The van der Waals surface area contributed by atoms with Gasteiger partial charge in [0.1, 0.15) is 0 Å². The van der Waals surface area contributed by atoms with Crippen LogP contribution in [0.15, 0.2) is 30.6 Å². The zero-order chi connectivity index (χ0) is 19.0. The molecule has 0 bridgehead atoms. The fraction of sp³-hybridized carbons (Fsp3) is 0.214. The third kappa shape index (κ3) is 3.98. The average molecular weight is 365 g/mol. The van der Waals surface area contributed by atoms with Gasteiger partial charge in [-0.15, -0.1) is 0 Å². The fourth-order valence-electron chi connectivity index (χ4n) is 1.93. The molecule has 0 spiro atoms. The first kappa shape index (κ1) is 18.5. The van der Waals surface area contributed by atoms with Gasteiger partial charge in [-0.05, 0) is 18.2 Å². The Morgan fingerprint density at radius 3 is 2.24 bits per heavy atom. The number of halogens is 6. The Kier molecular flexibility index (Phi) is 4.60. The molecule has 2 aromatic heterocycles. The number of hydrogen-bond acceptors (Lipinski definition) is 3. The molecule has 0 atom stereocenters. The van der Waals surface area contributed by atoms with Crippen molar-refractivity contribution in [2.24, 2.45) is 0 Å². The molecule has 0 radical (unpaired) electrons. The largest absolute Gasteiger partial charge is 0.465 e. The number of aromatic nitrogens is 2. The van der Waals surface area contributed by atoms with E-state index in [4.69, 9.17) is 5.11 Å². The molecule has 0 aliphatic carbocycles. The monoisotopic (exact) mass is 365 g/mol. The van der Waals surface area contributed by atoms with Gasteiger partial charge in [0.25, 0.3) is 0 Å². The smallest absolute Gasteiger partial charge is 0.435 e. The Morgan fingerprint density at radius 1 is 1.08 bits per heavy atom. The highest BCUT2D eigenvalue weighted by molar-refractivity contribution is 5.86. The lowest BCUT2D eigenvalue weighted by molar-refractivity contribution is -0.140. The molecule has 0 saturated carbocycles. The number of rotatable bonds is 2. The molecule has 0 saturated heterocycles. The molecule has 5 nitrogen and oxygen atoms in total. The lowest BCUT2D eigenvalue weighted by Gasteiger charge is -2.19. The molecule has 0 aliphatic heterocycles. The van der Waals surface area contributed by atoms with Crippen LogP contribution in [0.2, 0.25) is 0 Å². The first-order valence-corrected chi connectivity index (χ1v) is 6.49. The van der Waals surface area contributed by atoms with Crippen molar-refractivity contribution < 1.29 is 36.2 Å². The van der Waals surface area contributed by atoms with E-state index in [0.717, 1.165) is 25.4 Å². The van der Waals surface area contributed by atoms with E-state index in [2.05, 4.69) is 9.97 Å². The molecule has 11 heteroatoms. The summed E-state index contributed by atoms with van der Waals surface area (Å²) in [6.45, 7) is 0. The minimum absolute atomic E-state index is 0.287. The molecule has 2 heterocycles. The lowest BCUT2D eigenvalue weighted by atomic mass is 10.1. The van der Waals surface area contributed by atoms with Gasteiger partial charge < -0.3 is 5.11 Å². The number of hydrogen-bond donors (Lipinski definition) is 1. The van der Waals surface area contributed by atoms with E-state index in [-0.39, 0.29) is 5.56 Å². The highest BCUT2D eigenvalue weighted by atomic mass is 19.4. The number of alkyl halides is 6. The Morgan fingerprint density at radius 2 is 1.72 bits per heavy atom. The van der Waals surface area contributed by atoms with Crippen LogP contribution in [0.1, 0.15) is 11.3 Å². The molecular formula is C14H9F6N3O2. The molecule has 25 heavy (non-hydrogen) atoms. The van der Waals surface area contributed by atoms with Gasteiger partial charge in [0.2, 0.25) is 0 Å². The van der Waals surface area contributed by atoms with Crippen LogP contribution in [0, 0.1) is 0 Å². The Hall–Kier alpha value is -2.85. The van der Waals surface area contributed by atoms with Gasteiger partial charge in [0, 0.05) is 25.0 Å². The molecule has 0 aliphatic rings. The normalized spacial score (nSPS) is 12.1. The van der Waals surface area contributed by atoms with Crippen LogP contribution in [0.3, 0.4) is 0 Å². The zero-order valence-electron chi connectivity index (χ0n) is 12.4. The van der Waals surface area contributed by atoms with E-state index in [9.17, 15) is 31.1 Å². The number of anilines is 1. The number of carboxylic acid groups (broad SMARTS) is 1. The maximum absolute atomic E-state index is 13.2. The zero-order valence-corrected chi connectivity index (χ0v) is 12.4. The summed E-state index contributed by atoms with van der Waals surface area (Å²) in [5, 5.41) is 8.83. The molecule has 1 amide bonds. The first-order chi connectivity index (χ1) is 11.4. The summed E-state index contributed by atoms with van der Waals surface area (Å²) in [4.78, 5) is 17.9. The topological polar surface area (TPSA) is 66.3 Å². The predicted octanol–water partition coefficient (Wildman–Crippen LogP) is 4.30. The summed E-state index contributed by atoms with van der Waals surface area (Å²) < 4.78 is 77.6. The standard InChI is InChI=1S/C14H9F6N3O2/c1-23(12(24)25)10-3-2-9(22-11(10)14(18,19)20)7-4-8(6-21-5-7)13(15,16)17/h2-6H,1H3,(H,24,25). The van der Waals surface area contributed by atoms with E-state index >= 15 is 0 Å². The minimum atomic E-state index is -5.01. The van der Waals surface area contributed by atoms with Crippen LogP contribution >= 0.6 is 0 Å². The van der Waals surface area contributed by atoms with Gasteiger partial charge in [-0.25, -0.2) is 9.78 Å². The Labute approximate surface area is 136 Å². The SMILES string of the molecule is CN(C(=O)O)c1ccc(-c2cncc(C(F)(F)F)c2)nc1C(F)(F)F. The van der Waals surface area contributed by atoms with Crippen molar-refractivity contribution in [1.29, 1.82) is 0 Å². The second kappa shape index (κ2) is 6.22. The first-order valence-electron chi connectivity index (χ1n) is 6.49. The predicted molar refractivity (Wildman–Crippen MR) is 73.9 cm³/mol. The summed E-state index contributed by atoms with van der Waals surface area (Å²) >= 11 is 0. The quantitative estimate of drug-likeness (QED) is 0.806. The van der Waals surface area contributed by atoms with Crippen molar-refractivity contribution in [2.45, 2.75) is 12.4 Å². The minimum Gasteiger partial charge on any atom is -0.465 e. The fourth-order valence-corrected chi connectivity index (χ4v) is 1.93. The highest BCUT2D eigenvalue weighted by Gasteiger charge is 2.38. The van der Waals surface area contributed by atoms with E-state index in [1.54, 1.807) is 0 Å². The Balaban J connectivity index is 2.60. The number of pyridine rings is 2. The number of carbonyl (C=O) groups is 1. The second-order valence-corrected chi connectivity index (χ2v) is 4.86. The molecule has 2 rings (SSSR count). The van der Waals surface area contributed by atoms with Crippen molar-refractivity contribution in [3.8, 4) is 11.3 Å². The summed E-state index contributed by atoms with van der Waals surface area (Å²) in [5.74, 6) is 0. The van der Waals surface area contributed by atoms with Gasteiger partial charge in [0.05, 0.1) is 16.9 Å². The van der Waals surface area contributed by atoms with Gasteiger partial charge in [0.15, 0.2) is 5.69 Å². The molecule has 134 valence electrons. The third-order valence-electron chi connectivity index (χ3n) is 3.15. The van der Waals surface area contributed by atoms with Crippen LogP contribution in [0.4, 0.5) is 36.8 Å². The van der Waals surface area contributed by atoms with Gasteiger partial charge >= 0.3 is 18.4 Å². The molecular weight excluding hydrogens is 356 g/mol. The van der Waals surface area contributed by atoms with Crippen LogP contribution in [0.25, 0.3) is 11.3 Å². The van der Waals surface area contributed by atoms with E-state index in [1.165, 1.54) is 0 Å². The molecule has 2 aromatic rings. The second-order valence-electron chi connectivity index (χ2n) is 4.86. The number of amides is 1. The van der Waals surface area contributed by atoms with Gasteiger partial charge in [-0.1, -0.05) is 0 Å². The maximum Gasteiger partial charge on any atom is 0.435 e. The van der Waals surface area contributed by atoms with Gasteiger partial charge in [-0.2, -0.15) is 26.3 Å². The molecule has 0 fully saturated rings. The highest BCUT2D eigenvalue weighted by Crippen LogP contribution is 2.37. The van der Waals surface area contributed by atoms with E-state index in [0.29, 0.717) is 17.2 Å². The summed E-state index contributed by atoms with van der Waals surface area (Å²) in [6, 6.07) is 2.41. The van der Waals surface area contributed by atoms with Crippen molar-refractivity contribution in [3.05, 3.63) is 41.9 Å². The van der Waals surface area contributed by atoms with Crippen LogP contribution in [-0.4, -0.2) is 28.2 Å². The van der Waals surface area contributed by atoms with Crippen LogP contribution < -0.4 is 4.90 Å². The lowest BCUT2D eigenvalue weighted by Crippen LogP contribution is -2.27. The number of nitrogens with zero attached hydrogens (tertiary/aromatic N) is 3. The van der Waals surface area contributed by atoms with Crippen molar-refractivity contribution in [1.82, 2.24) is 9.97 Å². The van der Waals surface area contributed by atoms with E-state index in [1.807, 2.05) is 0 Å². The van der Waals surface area contributed by atoms with Gasteiger partial charge in [-0.3, -0.25) is 9.88 Å². The molecule has 0 unspecified atom stereocenters. The van der Waals surface area contributed by atoms with Crippen LogP contribution in [-0.2, 0) is 12.4 Å². The summed E-state index contributed by atoms with van der Waals surface area (Å²) in [5.41, 5.74) is -4.14. The average Bonchev–Trinajstić information content (AvgIpc) is 2.52. The Bertz CT molecular complexity index is 804. The maximum atomic E-state index is 13.2. The third-order valence-corrected chi connectivity index (χ3v) is 3.15. The van der Waals surface area contributed by atoms with Crippen molar-refractivity contribution in [2.75, 3.05) is 11.9 Å². The van der Waals surface area contributed by atoms with Crippen molar-refractivity contribution in [3.63, 3.8) is 0 Å². The van der Waals surface area contributed by atoms with Crippen LogP contribution in [0.5, 0.6) is 0 Å². The summed E-state index contributed by atoms with van der Waals surface area (Å²) in [7, 11) is 0.889. The van der Waals surface area contributed by atoms with E-state index < -0.39 is 41.1 Å².